The number of hydrogen-bond donors (Lipinski definition) is 0. The van der Waals surface area contributed by atoms with Crippen LogP contribution >= 0.6 is 0 Å². The normalized spacial score (nSPS) is 13.2. The fraction of sp³-hybridized carbons (Fsp3) is 0.333. The minimum absolute atomic E-state index is 0.303. The number of carbonyl (C=O) groups is 1. The molecule has 1 aliphatic rings. The Kier molecular flexibility index (Phi) is 6.30. The van der Waals surface area contributed by atoms with Crippen molar-refractivity contribution in [1.29, 1.82) is 0 Å². The van der Waals surface area contributed by atoms with E-state index in [-0.39, 0.29) is 0 Å². The van der Waals surface area contributed by atoms with Gasteiger partial charge in [-0.1, -0.05) is 41.5 Å². The molecule has 146 valence electrons. The van der Waals surface area contributed by atoms with Crippen LogP contribution in [-0.4, -0.2) is 18.1 Å². The van der Waals surface area contributed by atoms with Crippen molar-refractivity contribution in [2.45, 2.75) is 46.5 Å². The Morgan fingerprint density at radius 2 is 1.86 bits per heavy atom. The van der Waals surface area contributed by atoms with Crippen molar-refractivity contribution in [3.63, 3.8) is 0 Å². The van der Waals surface area contributed by atoms with Gasteiger partial charge in [0.2, 0.25) is 5.88 Å². The van der Waals surface area contributed by atoms with Gasteiger partial charge >= 0.3 is 5.97 Å². The molecular formula is C24H27NO3. The van der Waals surface area contributed by atoms with Crippen molar-refractivity contribution < 1.29 is 14.3 Å². The number of methoxy groups -OCH3 is 1. The summed E-state index contributed by atoms with van der Waals surface area (Å²) in [6.45, 7) is 6.05. The summed E-state index contributed by atoms with van der Waals surface area (Å²) in [5.41, 5.74) is 5.87. The summed E-state index contributed by atoms with van der Waals surface area (Å²) in [7, 11) is 1.37. The second kappa shape index (κ2) is 8.87. The molecular weight excluding hydrogens is 350 g/mol. The Balaban J connectivity index is 1.89. The Hall–Kier alpha value is -2.88. The molecule has 4 nitrogen and oxygen atoms in total. The maximum absolute atomic E-state index is 12.2. The molecule has 0 radical (unpaired) electrons. The molecule has 2 aromatic rings. The third kappa shape index (κ3) is 4.69. The second-order valence-corrected chi connectivity index (χ2v) is 7.27. The zero-order valence-corrected chi connectivity index (χ0v) is 17.0. The molecule has 4 heteroatoms. The van der Waals surface area contributed by atoms with Crippen LogP contribution in [0.2, 0.25) is 0 Å². The van der Waals surface area contributed by atoms with Crippen LogP contribution in [0.3, 0.4) is 0 Å². The maximum Gasteiger partial charge on any atom is 0.343 e. The van der Waals surface area contributed by atoms with Crippen LogP contribution in [0.1, 0.15) is 52.0 Å². The molecule has 28 heavy (non-hydrogen) atoms. The van der Waals surface area contributed by atoms with Gasteiger partial charge in [-0.3, -0.25) is 0 Å². The van der Waals surface area contributed by atoms with Crippen molar-refractivity contribution >= 4 is 5.97 Å². The van der Waals surface area contributed by atoms with Crippen molar-refractivity contribution in [2.24, 2.45) is 0 Å². The van der Waals surface area contributed by atoms with Crippen LogP contribution in [0.4, 0.5) is 0 Å². The lowest BCUT2D eigenvalue weighted by atomic mass is 9.99. The number of esters is 1. The summed E-state index contributed by atoms with van der Waals surface area (Å²) in [5.74, 6) is 0.592. The van der Waals surface area contributed by atoms with Crippen LogP contribution in [0.5, 0.6) is 11.6 Å². The minimum Gasteiger partial charge on any atom is -0.465 e. The molecule has 0 saturated heterocycles. The zero-order valence-electron chi connectivity index (χ0n) is 17.0. The SMILES string of the molecule is COC(=O)c1ccc(CCC2=CC=CCC2)nc1Oc1c(C)cc(C)cc1C. The smallest absolute Gasteiger partial charge is 0.343 e. The lowest BCUT2D eigenvalue weighted by molar-refractivity contribution is 0.0597. The summed E-state index contributed by atoms with van der Waals surface area (Å²) < 4.78 is 11.1. The first-order valence-corrected chi connectivity index (χ1v) is 9.66. The van der Waals surface area contributed by atoms with Gasteiger partial charge in [-0.15, -0.1) is 0 Å². The summed E-state index contributed by atoms with van der Waals surface area (Å²) in [6, 6.07) is 7.75. The van der Waals surface area contributed by atoms with Crippen LogP contribution in [0, 0.1) is 20.8 Å². The van der Waals surface area contributed by atoms with Gasteiger partial charge in [-0.2, -0.15) is 0 Å². The number of pyridine rings is 1. The van der Waals surface area contributed by atoms with Crippen molar-refractivity contribution in [3.8, 4) is 11.6 Å². The van der Waals surface area contributed by atoms with E-state index in [9.17, 15) is 4.79 Å². The van der Waals surface area contributed by atoms with E-state index in [1.807, 2.05) is 19.9 Å². The van der Waals surface area contributed by atoms with Gasteiger partial charge in [0.1, 0.15) is 11.3 Å². The first-order chi connectivity index (χ1) is 13.5. The topological polar surface area (TPSA) is 48.4 Å². The van der Waals surface area contributed by atoms with E-state index in [1.165, 1.54) is 18.2 Å². The molecule has 0 spiro atoms. The number of benzene rings is 1. The summed E-state index contributed by atoms with van der Waals surface area (Å²) in [4.78, 5) is 16.9. The highest BCUT2D eigenvalue weighted by Gasteiger charge is 2.18. The van der Waals surface area contributed by atoms with Gasteiger partial charge in [0.25, 0.3) is 0 Å². The summed E-state index contributed by atoms with van der Waals surface area (Å²) >= 11 is 0. The Bertz CT molecular complexity index is 918. The molecule has 0 bridgehead atoms. The highest BCUT2D eigenvalue weighted by Crippen LogP contribution is 2.31. The Morgan fingerprint density at radius 1 is 1.11 bits per heavy atom. The summed E-state index contributed by atoms with van der Waals surface area (Å²) in [6.07, 6.45) is 10.4. The van der Waals surface area contributed by atoms with Gasteiger partial charge in [0.15, 0.2) is 0 Å². The van der Waals surface area contributed by atoms with Crippen LogP contribution < -0.4 is 4.74 Å². The van der Waals surface area contributed by atoms with Crippen LogP contribution in [-0.2, 0) is 11.2 Å². The fourth-order valence-electron chi connectivity index (χ4n) is 3.53. The molecule has 1 aliphatic carbocycles. The number of aryl methyl sites for hydroxylation is 4. The largest absolute Gasteiger partial charge is 0.465 e. The molecule has 1 heterocycles. The average molecular weight is 377 g/mol. The first kappa shape index (κ1) is 19.9. The van der Waals surface area contributed by atoms with Gasteiger partial charge in [-0.05, 0) is 69.7 Å². The number of carbonyl (C=O) groups excluding carboxylic acids is 1. The molecule has 0 fully saturated rings. The number of rotatable bonds is 6. The molecule has 0 atom stereocenters. The molecule has 3 rings (SSSR count). The molecule has 0 N–H and O–H groups in total. The molecule has 0 unspecified atom stereocenters. The van der Waals surface area contributed by atoms with E-state index < -0.39 is 5.97 Å². The number of aromatic nitrogens is 1. The number of nitrogens with zero attached hydrogens (tertiary/aromatic N) is 1. The van der Waals surface area contributed by atoms with E-state index in [0.717, 1.165) is 48.3 Å². The Morgan fingerprint density at radius 3 is 2.50 bits per heavy atom. The van der Waals surface area contributed by atoms with Crippen molar-refractivity contribution in [2.75, 3.05) is 7.11 Å². The van der Waals surface area contributed by atoms with E-state index in [2.05, 4.69) is 42.3 Å². The summed E-state index contributed by atoms with van der Waals surface area (Å²) in [5, 5.41) is 0. The quantitative estimate of drug-likeness (QED) is 0.597. The van der Waals surface area contributed by atoms with E-state index >= 15 is 0 Å². The van der Waals surface area contributed by atoms with Gasteiger partial charge in [-0.25, -0.2) is 9.78 Å². The number of hydrogen-bond acceptors (Lipinski definition) is 4. The molecule has 1 aromatic carbocycles. The number of ether oxygens (including phenoxy) is 2. The first-order valence-electron chi connectivity index (χ1n) is 9.66. The third-order valence-electron chi connectivity index (χ3n) is 4.93. The van der Waals surface area contributed by atoms with E-state index in [1.54, 1.807) is 6.07 Å². The lowest BCUT2D eigenvalue weighted by Crippen LogP contribution is -2.08. The standard InChI is InChI=1S/C24H27NO3/c1-16-14-17(2)22(18(3)15-16)28-23-21(24(26)27-4)13-12-20(25-23)11-10-19-8-6-5-7-9-19/h5-6,8,12-15H,7,9-11H2,1-4H3. The van der Waals surface area contributed by atoms with Gasteiger partial charge in [0.05, 0.1) is 7.11 Å². The van der Waals surface area contributed by atoms with Crippen molar-refractivity contribution in [3.05, 3.63) is 76.0 Å². The Labute approximate surface area is 166 Å². The van der Waals surface area contributed by atoms with E-state index in [4.69, 9.17) is 9.47 Å². The average Bonchev–Trinajstić information content (AvgIpc) is 2.69. The number of allylic oxidation sites excluding steroid dienone is 4. The molecule has 0 amide bonds. The van der Waals surface area contributed by atoms with Gasteiger partial charge < -0.3 is 9.47 Å². The van der Waals surface area contributed by atoms with E-state index in [0.29, 0.717) is 11.4 Å². The fourth-order valence-corrected chi connectivity index (χ4v) is 3.53. The molecule has 0 saturated carbocycles. The van der Waals surface area contributed by atoms with Crippen LogP contribution in [0.15, 0.2) is 48.1 Å². The maximum atomic E-state index is 12.2. The van der Waals surface area contributed by atoms with Crippen LogP contribution in [0.25, 0.3) is 0 Å². The predicted octanol–water partition coefficient (Wildman–Crippen LogP) is 5.79. The minimum atomic E-state index is -0.448. The zero-order chi connectivity index (χ0) is 20.1. The third-order valence-corrected chi connectivity index (χ3v) is 4.93. The molecule has 0 aliphatic heterocycles. The predicted molar refractivity (Wildman–Crippen MR) is 111 cm³/mol. The van der Waals surface area contributed by atoms with Crippen molar-refractivity contribution in [1.82, 2.24) is 4.98 Å². The highest BCUT2D eigenvalue weighted by molar-refractivity contribution is 5.91. The second-order valence-electron chi connectivity index (χ2n) is 7.27. The van der Waals surface area contributed by atoms with Gasteiger partial charge in [0, 0.05) is 5.69 Å². The lowest BCUT2D eigenvalue weighted by Gasteiger charge is -2.15. The highest BCUT2D eigenvalue weighted by atomic mass is 16.5. The monoisotopic (exact) mass is 377 g/mol. The molecule has 1 aromatic heterocycles.